The minimum absolute atomic E-state index is 0.0859. The predicted octanol–water partition coefficient (Wildman–Crippen LogP) is -2.39. The van der Waals surface area contributed by atoms with Gasteiger partial charge in [0.25, 0.3) is 0 Å². The number of carboxylic acid groups (broad SMARTS) is 2. The summed E-state index contributed by atoms with van der Waals surface area (Å²) in [5.41, 5.74) is 15.9. The molecule has 9 N–H and O–H groups in total. The number of nitrogens with zero attached hydrogens (tertiary/aromatic N) is 2. The van der Waals surface area contributed by atoms with Gasteiger partial charge >= 0.3 is 11.9 Å². The molecule has 4 atom stereocenters. The van der Waals surface area contributed by atoms with Crippen LogP contribution in [0.3, 0.4) is 0 Å². The fourth-order valence-electron chi connectivity index (χ4n) is 3.27. The number of amides is 2. The van der Waals surface area contributed by atoms with Gasteiger partial charge in [-0.15, -0.1) is 0 Å². The summed E-state index contributed by atoms with van der Waals surface area (Å²) in [5.74, 6) is -5.05. The monoisotopic (exact) mass is 442 g/mol. The quantitative estimate of drug-likeness (QED) is 0.101. The first-order chi connectivity index (χ1) is 14.4. The number of carboxylic acids is 2. The van der Waals surface area contributed by atoms with Gasteiger partial charge < -0.3 is 37.6 Å². The number of carbonyl (C=O) groups excluding carboxylic acids is 3. The molecule has 0 aromatic rings. The van der Waals surface area contributed by atoms with Crippen molar-refractivity contribution in [1.82, 2.24) is 10.2 Å². The zero-order chi connectivity index (χ0) is 23.7. The lowest BCUT2D eigenvalue weighted by molar-refractivity contribution is -0.148. The van der Waals surface area contributed by atoms with Crippen molar-refractivity contribution in [2.24, 2.45) is 28.1 Å². The third-order valence-corrected chi connectivity index (χ3v) is 4.87. The number of Topliss-reactive ketones (excluding diaryl/α,β-unsaturated/α-hetero) is 1. The van der Waals surface area contributed by atoms with Gasteiger partial charge in [-0.2, -0.15) is 0 Å². The maximum atomic E-state index is 12.9. The number of hydrogen-bond donors (Lipinski definition) is 6. The van der Waals surface area contributed by atoms with E-state index in [2.05, 4.69) is 10.3 Å². The molecule has 1 aliphatic heterocycles. The molecule has 0 radical (unpaired) electrons. The number of rotatable bonds is 13. The second-order valence-corrected chi connectivity index (χ2v) is 7.43. The van der Waals surface area contributed by atoms with Gasteiger partial charge in [-0.05, 0) is 26.2 Å². The van der Waals surface area contributed by atoms with E-state index in [1.807, 2.05) is 0 Å². The molecule has 1 heterocycles. The Bertz CT molecular complexity index is 735. The van der Waals surface area contributed by atoms with E-state index in [1.165, 1.54) is 6.92 Å². The zero-order valence-corrected chi connectivity index (χ0v) is 17.3. The Morgan fingerprint density at radius 2 is 1.87 bits per heavy atom. The van der Waals surface area contributed by atoms with Crippen LogP contribution in [0.2, 0.25) is 0 Å². The lowest BCUT2D eigenvalue weighted by atomic mass is 9.94. The highest BCUT2D eigenvalue weighted by Crippen LogP contribution is 2.25. The van der Waals surface area contributed by atoms with Gasteiger partial charge in [0.1, 0.15) is 6.04 Å². The van der Waals surface area contributed by atoms with E-state index in [4.69, 9.17) is 22.3 Å². The molecule has 31 heavy (non-hydrogen) atoms. The van der Waals surface area contributed by atoms with Crippen LogP contribution in [-0.4, -0.2) is 81.8 Å². The largest absolute Gasteiger partial charge is 0.481 e. The Morgan fingerprint density at radius 1 is 1.23 bits per heavy atom. The van der Waals surface area contributed by atoms with Crippen molar-refractivity contribution in [3.8, 4) is 0 Å². The van der Waals surface area contributed by atoms with Crippen molar-refractivity contribution < 1.29 is 34.2 Å². The molecule has 1 aliphatic rings. The van der Waals surface area contributed by atoms with Crippen LogP contribution in [0.25, 0.3) is 0 Å². The summed E-state index contributed by atoms with van der Waals surface area (Å²) >= 11 is 0. The zero-order valence-electron chi connectivity index (χ0n) is 17.3. The highest BCUT2D eigenvalue weighted by Gasteiger charge is 2.42. The van der Waals surface area contributed by atoms with Crippen LogP contribution < -0.4 is 22.5 Å². The Morgan fingerprint density at radius 3 is 2.39 bits per heavy atom. The van der Waals surface area contributed by atoms with Crippen molar-refractivity contribution in [2.75, 3.05) is 13.1 Å². The van der Waals surface area contributed by atoms with Crippen LogP contribution in [0.5, 0.6) is 0 Å². The average Bonchev–Trinajstić information content (AvgIpc) is 3.04. The molecule has 0 saturated carbocycles. The fraction of sp³-hybridized carbons (Fsp3) is 0.667. The molecule has 1 rings (SSSR count). The molecule has 13 heteroatoms. The summed E-state index contributed by atoms with van der Waals surface area (Å²) in [5, 5.41) is 20.8. The maximum Gasteiger partial charge on any atom is 0.326 e. The first-order valence-corrected chi connectivity index (χ1v) is 9.83. The number of hydrogen-bond acceptors (Lipinski definition) is 7. The number of aliphatic carboxylic acids is 2. The lowest BCUT2D eigenvalue weighted by Crippen LogP contribution is -2.49. The van der Waals surface area contributed by atoms with Crippen LogP contribution in [0, 0.1) is 5.92 Å². The Balaban J connectivity index is 2.88. The normalized spacial score (nSPS) is 18.7. The number of carbonyl (C=O) groups is 5. The number of guanidine groups is 1. The van der Waals surface area contributed by atoms with Crippen LogP contribution in [0.15, 0.2) is 4.99 Å². The number of aliphatic imine (C=N–C) groups is 1. The summed E-state index contributed by atoms with van der Waals surface area (Å²) in [7, 11) is 0. The molecular formula is C18H30N6O7. The highest BCUT2D eigenvalue weighted by molar-refractivity contribution is 5.97. The Labute approximate surface area is 179 Å². The van der Waals surface area contributed by atoms with Crippen molar-refractivity contribution in [2.45, 2.75) is 57.2 Å². The lowest BCUT2D eigenvalue weighted by Gasteiger charge is -2.25. The SMILES string of the molecule is C[C@H](N)C(=O)N[C@@H](CCC(=O)O)C(=O)[C@H]1CC(=O)N([C@@H](CCCN=C(N)N)C(=O)O)C1. The van der Waals surface area contributed by atoms with Gasteiger partial charge in [-0.3, -0.25) is 24.2 Å². The summed E-state index contributed by atoms with van der Waals surface area (Å²) in [6, 6.07) is -3.21. The number of nitrogens with two attached hydrogens (primary N) is 3. The molecule has 0 aromatic heterocycles. The van der Waals surface area contributed by atoms with Crippen molar-refractivity contribution in [3.05, 3.63) is 0 Å². The third-order valence-electron chi connectivity index (χ3n) is 4.87. The minimum atomic E-state index is -1.22. The molecule has 0 bridgehead atoms. The van der Waals surface area contributed by atoms with Crippen LogP contribution >= 0.6 is 0 Å². The van der Waals surface area contributed by atoms with Gasteiger partial charge in [0, 0.05) is 31.8 Å². The average molecular weight is 442 g/mol. The summed E-state index contributed by atoms with van der Waals surface area (Å²) < 4.78 is 0. The molecule has 0 aromatic carbocycles. The predicted molar refractivity (Wildman–Crippen MR) is 109 cm³/mol. The van der Waals surface area contributed by atoms with E-state index >= 15 is 0 Å². The van der Waals surface area contributed by atoms with Gasteiger partial charge in [-0.25, -0.2) is 4.79 Å². The van der Waals surface area contributed by atoms with Crippen LogP contribution in [-0.2, 0) is 24.0 Å². The van der Waals surface area contributed by atoms with E-state index in [1.54, 1.807) is 0 Å². The van der Waals surface area contributed by atoms with E-state index < -0.39 is 53.6 Å². The van der Waals surface area contributed by atoms with Gasteiger partial charge in [-0.1, -0.05) is 0 Å². The molecule has 2 amide bonds. The van der Waals surface area contributed by atoms with Crippen molar-refractivity contribution >= 4 is 35.5 Å². The fourth-order valence-corrected chi connectivity index (χ4v) is 3.27. The second kappa shape index (κ2) is 11.8. The summed E-state index contributed by atoms with van der Waals surface area (Å²) in [6.07, 6.45) is -0.375. The van der Waals surface area contributed by atoms with E-state index in [0.717, 1.165) is 4.90 Å². The van der Waals surface area contributed by atoms with Crippen molar-refractivity contribution in [3.63, 3.8) is 0 Å². The number of nitrogens with one attached hydrogen (secondary N) is 1. The van der Waals surface area contributed by atoms with E-state index in [0.29, 0.717) is 6.42 Å². The van der Waals surface area contributed by atoms with Gasteiger partial charge in [0.05, 0.1) is 12.1 Å². The summed E-state index contributed by atoms with van der Waals surface area (Å²) in [6.45, 7) is 1.46. The van der Waals surface area contributed by atoms with Crippen LogP contribution in [0.4, 0.5) is 0 Å². The molecule has 0 spiro atoms. The topological polar surface area (TPSA) is 232 Å². The molecule has 0 unspecified atom stereocenters. The Hall–Kier alpha value is -3.22. The molecule has 1 fully saturated rings. The minimum Gasteiger partial charge on any atom is -0.481 e. The summed E-state index contributed by atoms with van der Waals surface area (Å²) in [4.78, 5) is 64.7. The Kier molecular flexibility index (Phi) is 9.86. The van der Waals surface area contributed by atoms with Crippen molar-refractivity contribution in [1.29, 1.82) is 0 Å². The van der Waals surface area contributed by atoms with Crippen LogP contribution in [0.1, 0.15) is 39.0 Å². The number of ketones is 1. The molecule has 1 saturated heterocycles. The molecule has 0 aliphatic carbocycles. The first kappa shape index (κ1) is 25.8. The molecule has 174 valence electrons. The standard InChI is InChI=1S/C18H30N6O7/c1-9(19)16(29)23-11(4-5-14(26)27)15(28)10-7-13(25)24(8-10)12(17(30)31)3-2-6-22-18(20)21/h9-12H,2-8,19H2,1H3,(H,23,29)(H,26,27)(H,30,31)(H4,20,21,22)/t9-,10-,11-,12-/m0/s1. The maximum absolute atomic E-state index is 12.9. The van der Waals surface area contributed by atoms with E-state index in [-0.39, 0.29) is 44.7 Å². The second-order valence-electron chi connectivity index (χ2n) is 7.43. The molecule has 13 nitrogen and oxygen atoms in total. The highest BCUT2D eigenvalue weighted by atomic mass is 16.4. The molecular weight excluding hydrogens is 412 g/mol. The third kappa shape index (κ3) is 8.20. The van der Waals surface area contributed by atoms with Gasteiger partial charge in [0.2, 0.25) is 11.8 Å². The van der Waals surface area contributed by atoms with Gasteiger partial charge in [0.15, 0.2) is 11.7 Å². The smallest absolute Gasteiger partial charge is 0.326 e. The number of likely N-dealkylation sites (tertiary alicyclic amines) is 1. The first-order valence-electron chi connectivity index (χ1n) is 9.83. The van der Waals surface area contributed by atoms with E-state index in [9.17, 15) is 29.1 Å².